The third-order valence-electron chi connectivity index (χ3n) is 3.63. The lowest BCUT2D eigenvalue weighted by Gasteiger charge is -2.17. The Hall–Kier alpha value is -1.64. The second kappa shape index (κ2) is 6.69. The molecule has 0 aromatic heterocycles. The van der Waals surface area contributed by atoms with Gasteiger partial charge in [-0.1, -0.05) is 48.0 Å². The van der Waals surface area contributed by atoms with Crippen LogP contribution >= 0.6 is 0 Å². The van der Waals surface area contributed by atoms with Crippen LogP contribution in [0, 0.1) is 13.8 Å². The maximum absolute atomic E-state index is 10.5. The molecule has 0 bridgehead atoms. The number of aryl methyl sites for hydroxylation is 2. The van der Waals surface area contributed by atoms with E-state index in [1.165, 1.54) is 16.7 Å². The van der Waals surface area contributed by atoms with Crippen LogP contribution in [0.2, 0.25) is 0 Å². The average molecular weight is 270 g/mol. The van der Waals surface area contributed by atoms with Crippen molar-refractivity contribution in [2.45, 2.75) is 33.0 Å². The molecule has 20 heavy (non-hydrogen) atoms. The van der Waals surface area contributed by atoms with E-state index in [0.29, 0.717) is 13.0 Å². The average Bonchev–Trinajstić information content (AvgIpc) is 2.44. The summed E-state index contributed by atoms with van der Waals surface area (Å²) in [7, 11) is 1.67. The predicted octanol–water partition coefficient (Wildman–Crippen LogP) is 3.73. The summed E-state index contributed by atoms with van der Waals surface area (Å²) >= 11 is 0. The summed E-state index contributed by atoms with van der Waals surface area (Å²) in [4.78, 5) is 0. The van der Waals surface area contributed by atoms with Crippen LogP contribution < -0.4 is 0 Å². The Morgan fingerprint density at radius 1 is 1.05 bits per heavy atom. The molecular weight excluding hydrogens is 248 g/mol. The molecule has 0 aliphatic heterocycles. The fraction of sp³-hybridized carbons (Fsp3) is 0.333. The highest BCUT2D eigenvalue weighted by Gasteiger charge is 2.13. The molecule has 1 atom stereocenters. The van der Waals surface area contributed by atoms with Gasteiger partial charge in [0, 0.05) is 13.5 Å². The van der Waals surface area contributed by atoms with E-state index in [4.69, 9.17) is 4.74 Å². The zero-order valence-corrected chi connectivity index (χ0v) is 12.4. The van der Waals surface area contributed by atoms with Gasteiger partial charge in [0.2, 0.25) is 0 Å². The first-order chi connectivity index (χ1) is 9.61. The minimum atomic E-state index is -0.498. The number of hydrogen-bond acceptors (Lipinski definition) is 2. The lowest BCUT2D eigenvalue weighted by Crippen LogP contribution is -2.07. The molecule has 0 amide bonds. The number of hydrogen-bond donors (Lipinski definition) is 1. The highest BCUT2D eigenvalue weighted by Crippen LogP contribution is 2.24. The van der Waals surface area contributed by atoms with Gasteiger partial charge in [0.1, 0.15) is 0 Å². The van der Waals surface area contributed by atoms with Gasteiger partial charge in [0.15, 0.2) is 0 Å². The Bertz CT molecular complexity index is 575. The van der Waals surface area contributed by atoms with Gasteiger partial charge in [-0.15, -0.1) is 0 Å². The Morgan fingerprint density at radius 2 is 1.80 bits per heavy atom. The number of benzene rings is 2. The molecule has 0 saturated carbocycles. The molecule has 0 spiro atoms. The SMILES string of the molecule is COCc1ccccc1C(O)Cc1cc(C)ccc1C. The first kappa shape index (κ1) is 14.8. The molecule has 0 aliphatic rings. The van der Waals surface area contributed by atoms with E-state index in [0.717, 1.165) is 11.1 Å². The van der Waals surface area contributed by atoms with Crippen molar-refractivity contribution in [1.29, 1.82) is 0 Å². The molecule has 1 unspecified atom stereocenters. The standard InChI is InChI=1S/C18H22O2/c1-13-8-9-14(2)16(10-13)11-18(19)17-7-5-4-6-15(17)12-20-3/h4-10,18-19H,11-12H2,1-3H3. The third kappa shape index (κ3) is 3.47. The van der Waals surface area contributed by atoms with Crippen molar-refractivity contribution in [2.75, 3.05) is 7.11 Å². The number of ether oxygens (including phenoxy) is 1. The van der Waals surface area contributed by atoms with Gasteiger partial charge in [-0.25, -0.2) is 0 Å². The van der Waals surface area contributed by atoms with Crippen molar-refractivity contribution in [3.8, 4) is 0 Å². The van der Waals surface area contributed by atoms with Crippen molar-refractivity contribution >= 4 is 0 Å². The summed E-state index contributed by atoms with van der Waals surface area (Å²) in [5, 5.41) is 10.5. The largest absolute Gasteiger partial charge is 0.388 e. The number of aliphatic hydroxyl groups excluding tert-OH is 1. The van der Waals surface area contributed by atoms with Crippen LogP contribution in [-0.2, 0) is 17.8 Å². The minimum absolute atomic E-state index is 0.498. The van der Waals surface area contributed by atoms with E-state index in [9.17, 15) is 5.11 Å². The van der Waals surface area contributed by atoms with Gasteiger partial charge >= 0.3 is 0 Å². The minimum Gasteiger partial charge on any atom is -0.388 e. The first-order valence-corrected chi connectivity index (χ1v) is 6.92. The predicted molar refractivity (Wildman–Crippen MR) is 81.7 cm³/mol. The van der Waals surface area contributed by atoms with Crippen molar-refractivity contribution in [2.24, 2.45) is 0 Å². The van der Waals surface area contributed by atoms with Crippen LogP contribution in [0.5, 0.6) is 0 Å². The second-order valence-corrected chi connectivity index (χ2v) is 5.28. The molecule has 0 aliphatic carbocycles. The van der Waals surface area contributed by atoms with Crippen LogP contribution in [-0.4, -0.2) is 12.2 Å². The summed E-state index contributed by atoms with van der Waals surface area (Å²) in [6.45, 7) is 4.69. The first-order valence-electron chi connectivity index (χ1n) is 6.92. The molecule has 0 fully saturated rings. The van der Waals surface area contributed by atoms with Crippen LogP contribution in [0.3, 0.4) is 0 Å². The Kier molecular flexibility index (Phi) is 4.94. The van der Waals surface area contributed by atoms with Crippen LogP contribution in [0.4, 0.5) is 0 Å². The van der Waals surface area contributed by atoms with Gasteiger partial charge in [-0.05, 0) is 36.1 Å². The van der Waals surface area contributed by atoms with Gasteiger partial charge < -0.3 is 9.84 Å². The highest BCUT2D eigenvalue weighted by atomic mass is 16.5. The van der Waals surface area contributed by atoms with Crippen molar-refractivity contribution in [1.82, 2.24) is 0 Å². The van der Waals surface area contributed by atoms with E-state index < -0.39 is 6.10 Å². The normalized spacial score (nSPS) is 12.4. The number of methoxy groups -OCH3 is 1. The zero-order chi connectivity index (χ0) is 14.5. The van der Waals surface area contributed by atoms with Crippen LogP contribution in [0.1, 0.15) is 33.9 Å². The molecule has 2 aromatic carbocycles. The molecule has 2 rings (SSSR count). The maximum atomic E-state index is 10.5. The van der Waals surface area contributed by atoms with Gasteiger partial charge in [-0.2, -0.15) is 0 Å². The Balaban J connectivity index is 2.23. The molecular formula is C18H22O2. The van der Waals surface area contributed by atoms with Gasteiger partial charge in [-0.3, -0.25) is 0 Å². The summed E-state index contributed by atoms with van der Waals surface area (Å²) in [6.07, 6.45) is 0.135. The molecule has 0 saturated heterocycles. The molecule has 2 heteroatoms. The lowest BCUT2D eigenvalue weighted by molar-refractivity contribution is 0.161. The number of rotatable bonds is 5. The second-order valence-electron chi connectivity index (χ2n) is 5.28. The lowest BCUT2D eigenvalue weighted by atomic mass is 9.94. The topological polar surface area (TPSA) is 29.5 Å². The quantitative estimate of drug-likeness (QED) is 0.897. The monoisotopic (exact) mass is 270 g/mol. The summed E-state index contributed by atoms with van der Waals surface area (Å²) < 4.78 is 5.20. The zero-order valence-electron chi connectivity index (χ0n) is 12.4. The maximum Gasteiger partial charge on any atom is 0.0833 e. The Morgan fingerprint density at radius 3 is 2.55 bits per heavy atom. The van der Waals surface area contributed by atoms with Crippen LogP contribution in [0.25, 0.3) is 0 Å². The van der Waals surface area contributed by atoms with E-state index in [1.54, 1.807) is 7.11 Å². The Labute approximate surface area is 121 Å². The molecule has 0 radical (unpaired) electrons. The molecule has 0 heterocycles. The summed E-state index contributed by atoms with van der Waals surface area (Å²) in [5.74, 6) is 0. The summed E-state index contributed by atoms with van der Waals surface area (Å²) in [5.41, 5.74) is 5.65. The third-order valence-corrected chi connectivity index (χ3v) is 3.63. The van der Waals surface area contributed by atoms with Gasteiger partial charge in [0.25, 0.3) is 0 Å². The van der Waals surface area contributed by atoms with E-state index in [1.807, 2.05) is 24.3 Å². The molecule has 2 aromatic rings. The fourth-order valence-electron chi connectivity index (χ4n) is 2.48. The van der Waals surface area contributed by atoms with Crippen LogP contribution in [0.15, 0.2) is 42.5 Å². The fourth-order valence-corrected chi connectivity index (χ4v) is 2.48. The van der Waals surface area contributed by atoms with E-state index in [-0.39, 0.29) is 0 Å². The molecule has 1 N–H and O–H groups in total. The van der Waals surface area contributed by atoms with E-state index >= 15 is 0 Å². The highest BCUT2D eigenvalue weighted by molar-refractivity contribution is 5.34. The van der Waals surface area contributed by atoms with Crippen molar-refractivity contribution < 1.29 is 9.84 Å². The van der Waals surface area contributed by atoms with Gasteiger partial charge in [0.05, 0.1) is 12.7 Å². The number of aliphatic hydroxyl groups is 1. The smallest absolute Gasteiger partial charge is 0.0833 e. The molecule has 106 valence electrons. The molecule has 2 nitrogen and oxygen atoms in total. The van der Waals surface area contributed by atoms with Crippen molar-refractivity contribution in [3.63, 3.8) is 0 Å². The van der Waals surface area contributed by atoms with E-state index in [2.05, 4.69) is 32.0 Å². The summed E-state index contributed by atoms with van der Waals surface area (Å²) in [6, 6.07) is 14.3. The van der Waals surface area contributed by atoms with Crippen molar-refractivity contribution in [3.05, 3.63) is 70.3 Å².